The van der Waals surface area contributed by atoms with E-state index >= 15 is 0 Å². The van der Waals surface area contributed by atoms with Crippen molar-refractivity contribution in [3.05, 3.63) is 126 Å². The summed E-state index contributed by atoms with van der Waals surface area (Å²) in [6, 6.07) is 28.8. The number of hydrogen-bond donors (Lipinski definition) is 5. The van der Waals surface area contributed by atoms with Crippen LogP contribution in [0.15, 0.2) is 103 Å². The highest BCUT2D eigenvalue weighted by atomic mass is 16.5. The fraction of sp³-hybridized carbons (Fsp3) is 0.161. The van der Waals surface area contributed by atoms with E-state index in [1.165, 1.54) is 0 Å². The van der Waals surface area contributed by atoms with Crippen LogP contribution in [-0.4, -0.2) is 35.7 Å². The maximum absolute atomic E-state index is 13.2. The minimum absolute atomic E-state index is 0.00659. The molecule has 4 aromatic rings. The van der Waals surface area contributed by atoms with E-state index in [9.17, 15) is 9.59 Å². The van der Waals surface area contributed by atoms with Gasteiger partial charge in [0.25, 0.3) is 0 Å². The van der Waals surface area contributed by atoms with Gasteiger partial charge in [-0.15, -0.1) is 0 Å². The van der Waals surface area contributed by atoms with Crippen LogP contribution >= 0.6 is 0 Å². The third-order valence-electron chi connectivity index (χ3n) is 6.08. The molecule has 3 aromatic carbocycles. The zero-order valence-electron chi connectivity index (χ0n) is 22.0. The molecule has 0 aliphatic heterocycles. The molecule has 0 saturated heterocycles. The number of hydrogen-bond acceptors (Lipinski definition) is 6. The highest BCUT2D eigenvalue weighted by molar-refractivity contribution is 5.94. The van der Waals surface area contributed by atoms with Gasteiger partial charge >= 0.3 is 0 Å². The molecule has 0 bridgehead atoms. The van der Waals surface area contributed by atoms with Crippen LogP contribution in [0.5, 0.6) is 11.5 Å². The third-order valence-corrected chi connectivity index (χ3v) is 6.08. The lowest BCUT2D eigenvalue weighted by Crippen LogP contribution is -2.42. The number of benzene rings is 3. The van der Waals surface area contributed by atoms with Crippen molar-refractivity contribution < 1.29 is 14.3 Å². The quantitative estimate of drug-likeness (QED) is 0.131. The number of nitrogen functional groups attached to an aromatic ring is 1. The lowest BCUT2D eigenvalue weighted by Gasteiger charge is -2.19. The Hall–Kier alpha value is -5.02. The van der Waals surface area contributed by atoms with E-state index in [4.69, 9.17) is 15.9 Å². The van der Waals surface area contributed by atoms with Crippen molar-refractivity contribution in [2.45, 2.75) is 19.0 Å². The number of amidine groups is 1. The van der Waals surface area contributed by atoms with Gasteiger partial charge in [-0.1, -0.05) is 60.7 Å². The number of carbonyl (C=O) groups is 2. The van der Waals surface area contributed by atoms with Crippen molar-refractivity contribution >= 4 is 17.6 Å². The monoisotopic (exact) mass is 536 g/mol. The first-order valence-corrected chi connectivity index (χ1v) is 12.9. The van der Waals surface area contributed by atoms with Crippen LogP contribution in [0.4, 0.5) is 0 Å². The molecule has 40 heavy (non-hydrogen) atoms. The Balaban J connectivity index is 1.38. The molecule has 2 amide bonds. The second-order valence-corrected chi connectivity index (χ2v) is 9.05. The fourth-order valence-electron chi connectivity index (χ4n) is 3.94. The minimum atomic E-state index is -0.723. The van der Waals surface area contributed by atoms with E-state index in [0.29, 0.717) is 42.1 Å². The van der Waals surface area contributed by atoms with Crippen molar-refractivity contribution in [2.24, 2.45) is 5.73 Å². The van der Waals surface area contributed by atoms with Crippen LogP contribution in [0, 0.1) is 5.41 Å². The standard InChI is InChI=1S/C31H32N6O3/c32-30(33)24-11-9-22(10-12-24)20-36-29(23-13-15-27(16-14-23)40-26-7-2-1-3-8-26)31(39)37-21-28(38)35-19-17-25-6-4-5-18-34-25/h1-16,18,29,36H,17,19-21H2,(H3,32,33)(H,35,38)(H,37,39). The molecular formula is C31H32N6O3. The van der Waals surface area contributed by atoms with Crippen molar-refractivity contribution in [3.63, 3.8) is 0 Å². The lowest BCUT2D eigenvalue weighted by atomic mass is 10.0. The molecule has 1 unspecified atom stereocenters. The van der Waals surface area contributed by atoms with Crippen LogP contribution in [0.2, 0.25) is 0 Å². The first kappa shape index (κ1) is 28.0. The van der Waals surface area contributed by atoms with Crippen LogP contribution in [0.1, 0.15) is 28.4 Å². The summed E-state index contributed by atoms with van der Waals surface area (Å²) in [6.45, 7) is 0.656. The Kier molecular flexibility index (Phi) is 9.95. The second kappa shape index (κ2) is 14.2. The Morgan fingerprint density at radius 2 is 1.55 bits per heavy atom. The number of amides is 2. The third kappa shape index (κ3) is 8.50. The molecule has 1 aromatic heterocycles. The Labute approximate surface area is 233 Å². The number of nitrogens with two attached hydrogens (primary N) is 1. The molecule has 0 aliphatic carbocycles. The maximum atomic E-state index is 13.2. The van der Waals surface area contributed by atoms with Crippen LogP contribution in [0.3, 0.4) is 0 Å². The summed E-state index contributed by atoms with van der Waals surface area (Å²) >= 11 is 0. The summed E-state index contributed by atoms with van der Waals surface area (Å²) in [5.74, 6) is 0.728. The molecular weight excluding hydrogens is 504 g/mol. The van der Waals surface area contributed by atoms with Gasteiger partial charge in [0.05, 0.1) is 6.54 Å². The highest BCUT2D eigenvalue weighted by Crippen LogP contribution is 2.24. The molecule has 1 heterocycles. The molecule has 1 atom stereocenters. The molecule has 9 heteroatoms. The average molecular weight is 537 g/mol. The highest BCUT2D eigenvalue weighted by Gasteiger charge is 2.21. The minimum Gasteiger partial charge on any atom is -0.457 e. The van der Waals surface area contributed by atoms with E-state index in [1.54, 1.807) is 30.5 Å². The zero-order valence-corrected chi connectivity index (χ0v) is 22.0. The van der Waals surface area contributed by atoms with E-state index in [-0.39, 0.29) is 24.2 Å². The predicted molar refractivity (Wildman–Crippen MR) is 154 cm³/mol. The van der Waals surface area contributed by atoms with Gasteiger partial charge in [-0.05, 0) is 47.5 Å². The lowest BCUT2D eigenvalue weighted by molar-refractivity contribution is -0.127. The van der Waals surface area contributed by atoms with Crippen molar-refractivity contribution in [1.29, 1.82) is 5.41 Å². The predicted octanol–water partition coefficient (Wildman–Crippen LogP) is 3.46. The van der Waals surface area contributed by atoms with Crippen molar-refractivity contribution in [2.75, 3.05) is 13.1 Å². The molecule has 9 nitrogen and oxygen atoms in total. The van der Waals surface area contributed by atoms with Gasteiger partial charge in [0, 0.05) is 37.0 Å². The average Bonchev–Trinajstić information content (AvgIpc) is 2.98. The number of nitrogens with one attached hydrogen (secondary N) is 4. The molecule has 0 aliphatic rings. The summed E-state index contributed by atoms with van der Waals surface area (Å²) in [6.07, 6.45) is 2.31. The largest absolute Gasteiger partial charge is 0.457 e. The van der Waals surface area contributed by atoms with Crippen LogP contribution in [0.25, 0.3) is 0 Å². The number of carbonyl (C=O) groups excluding carboxylic acids is 2. The zero-order chi connectivity index (χ0) is 28.2. The van der Waals surface area contributed by atoms with Crippen molar-refractivity contribution in [1.82, 2.24) is 20.9 Å². The van der Waals surface area contributed by atoms with Gasteiger partial charge in [-0.2, -0.15) is 0 Å². The van der Waals surface area contributed by atoms with Gasteiger partial charge in [-0.3, -0.25) is 25.3 Å². The van der Waals surface area contributed by atoms with E-state index in [0.717, 1.165) is 11.3 Å². The van der Waals surface area contributed by atoms with Crippen molar-refractivity contribution in [3.8, 4) is 11.5 Å². The van der Waals surface area contributed by atoms with E-state index < -0.39 is 6.04 Å². The smallest absolute Gasteiger partial charge is 0.242 e. The van der Waals surface area contributed by atoms with Gasteiger partial charge in [-0.25, -0.2) is 0 Å². The topological polar surface area (TPSA) is 142 Å². The number of nitrogens with zero attached hydrogens (tertiary/aromatic N) is 1. The van der Waals surface area contributed by atoms with E-state index in [2.05, 4.69) is 20.9 Å². The second-order valence-electron chi connectivity index (χ2n) is 9.05. The molecule has 4 rings (SSSR count). The summed E-state index contributed by atoms with van der Waals surface area (Å²) < 4.78 is 5.88. The molecule has 0 spiro atoms. The first-order chi connectivity index (χ1) is 19.5. The maximum Gasteiger partial charge on any atom is 0.242 e. The normalized spacial score (nSPS) is 11.3. The Morgan fingerprint density at radius 3 is 2.23 bits per heavy atom. The fourth-order valence-corrected chi connectivity index (χ4v) is 3.94. The van der Waals surface area contributed by atoms with Gasteiger partial charge in [0.1, 0.15) is 23.4 Å². The number of aromatic nitrogens is 1. The summed E-state index contributed by atoms with van der Waals surface area (Å²) in [7, 11) is 0. The Morgan fingerprint density at radius 1 is 0.850 bits per heavy atom. The molecule has 0 saturated carbocycles. The molecule has 6 N–H and O–H groups in total. The number of ether oxygens (including phenoxy) is 1. The van der Waals surface area contributed by atoms with Gasteiger partial charge in [0.2, 0.25) is 11.8 Å². The van der Waals surface area contributed by atoms with Gasteiger partial charge in [0.15, 0.2) is 0 Å². The van der Waals surface area contributed by atoms with Gasteiger partial charge < -0.3 is 21.1 Å². The molecule has 0 fully saturated rings. The number of pyridine rings is 1. The van der Waals surface area contributed by atoms with Crippen LogP contribution in [-0.2, 0) is 22.6 Å². The molecule has 204 valence electrons. The van der Waals surface area contributed by atoms with Crippen LogP contribution < -0.4 is 26.4 Å². The number of rotatable bonds is 13. The SMILES string of the molecule is N=C(N)c1ccc(CNC(C(=O)NCC(=O)NCCc2ccccn2)c2ccc(Oc3ccccc3)cc2)cc1. The van der Waals surface area contributed by atoms with E-state index in [1.807, 2.05) is 72.8 Å². The molecule has 0 radical (unpaired) electrons. The summed E-state index contributed by atoms with van der Waals surface area (Å²) in [5.41, 5.74) is 8.69. The Bertz CT molecular complexity index is 1390. The first-order valence-electron chi connectivity index (χ1n) is 12.9. The number of para-hydroxylation sites is 1. The summed E-state index contributed by atoms with van der Waals surface area (Å²) in [5, 5.41) is 16.4. The summed E-state index contributed by atoms with van der Waals surface area (Å²) in [4.78, 5) is 29.9.